The molecule has 0 bridgehead atoms. The van der Waals surface area contributed by atoms with E-state index in [1.807, 2.05) is 75.4 Å². The maximum atomic E-state index is 13.9. The standard InChI is InChI=1S/C29H34N2O3S/c1-21-18-22(2)29(23(3)19-21)35(33,34)31(17-16-24-10-5-4-6-11-24)20-28(32)30-27-15-9-13-25-12-7-8-14-26(25)27/h4-8,10-12,14,18-19,27H,9,13,15-17,20H2,1-3H3,(H,30,32)/t27-/m1/s1. The SMILES string of the molecule is Cc1cc(C)c(S(=O)(=O)N(CCc2ccccc2)CC(=O)N[C@@H]2CCCc3ccccc32)c(C)c1. The third-order valence-corrected chi connectivity index (χ3v) is 8.87. The number of carbonyl (C=O) groups excluding carboxylic acids is 1. The molecule has 5 nitrogen and oxygen atoms in total. The molecule has 0 spiro atoms. The van der Waals surface area contributed by atoms with Crippen LogP contribution in [0.25, 0.3) is 0 Å². The largest absolute Gasteiger partial charge is 0.348 e. The second-order valence-electron chi connectivity index (χ2n) is 9.51. The molecular weight excluding hydrogens is 456 g/mol. The van der Waals surface area contributed by atoms with Crippen LogP contribution in [0.4, 0.5) is 0 Å². The Balaban J connectivity index is 1.59. The minimum Gasteiger partial charge on any atom is -0.348 e. The van der Waals surface area contributed by atoms with Crippen molar-refractivity contribution in [2.24, 2.45) is 0 Å². The smallest absolute Gasteiger partial charge is 0.244 e. The summed E-state index contributed by atoms with van der Waals surface area (Å²) < 4.78 is 29.1. The first-order valence-electron chi connectivity index (χ1n) is 12.2. The highest BCUT2D eigenvalue weighted by Crippen LogP contribution is 2.30. The Morgan fingerprint density at radius 2 is 1.63 bits per heavy atom. The molecule has 0 heterocycles. The maximum absolute atomic E-state index is 13.9. The van der Waals surface area contributed by atoms with Crippen molar-refractivity contribution in [1.29, 1.82) is 0 Å². The van der Waals surface area contributed by atoms with Gasteiger partial charge in [0.2, 0.25) is 15.9 Å². The van der Waals surface area contributed by atoms with Gasteiger partial charge >= 0.3 is 0 Å². The molecule has 0 saturated heterocycles. The van der Waals surface area contributed by atoms with Crippen LogP contribution >= 0.6 is 0 Å². The quantitative estimate of drug-likeness (QED) is 0.481. The molecule has 6 heteroatoms. The minimum atomic E-state index is -3.87. The van der Waals surface area contributed by atoms with Crippen LogP contribution in [0.15, 0.2) is 71.6 Å². The Morgan fingerprint density at radius 3 is 2.34 bits per heavy atom. The third kappa shape index (κ3) is 5.82. The summed E-state index contributed by atoms with van der Waals surface area (Å²) in [4.78, 5) is 13.5. The lowest BCUT2D eigenvalue weighted by atomic mass is 9.88. The van der Waals surface area contributed by atoms with Crippen molar-refractivity contribution in [2.45, 2.75) is 57.4 Å². The third-order valence-electron chi connectivity index (χ3n) is 6.72. The second-order valence-corrected chi connectivity index (χ2v) is 11.4. The first-order valence-corrected chi connectivity index (χ1v) is 13.7. The summed E-state index contributed by atoms with van der Waals surface area (Å²) in [5.74, 6) is -0.272. The van der Waals surface area contributed by atoms with Gasteiger partial charge in [0.1, 0.15) is 0 Å². The van der Waals surface area contributed by atoms with E-state index in [9.17, 15) is 13.2 Å². The van der Waals surface area contributed by atoms with Crippen LogP contribution in [-0.4, -0.2) is 31.7 Å². The van der Waals surface area contributed by atoms with Crippen LogP contribution < -0.4 is 5.32 Å². The maximum Gasteiger partial charge on any atom is 0.244 e. The van der Waals surface area contributed by atoms with Crippen LogP contribution in [0.1, 0.15) is 52.3 Å². The second kappa shape index (κ2) is 10.8. The number of amides is 1. The summed E-state index contributed by atoms with van der Waals surface area (Å²) in [6.07, 6.45) is 3.39. The van der Waals surface area contributed by atoms with Gasteiger partial charge in [-0.1, -0.05) is 72.3 Å². The van der Waals surface area contributed by atoms with Crippen molar-refractivity contribution in [3.63, 3.8) is 0 Å². The molecule has 0 fully saturated rings. The summed E-state index contributed by atoms with van der Waals surface area (Å²) >= 11 is 0. The molecule has 1 N–H and O–H groups in total. The van der Waals surface area contributed by atoms with Crippen LogP contribution in [0.2, 0.25) is 0 Å². The zero-order valence-corrected chi connectivity index (χ0v) is 21.6. The Kier molecular flexibility index (Phi) is 7.72. The average Bonchev–Trinajstić information content (AvgIpc) is 2.81. The predicted molar refractivity (Wildman–Crippen MR) is 140 cm³/mol. The highest BCUT2D eigenvalue weighted by Gasteiger charge is 2.31. The summed E-state index contributed by atoms with van der Waals surface area (Å²) in [5, 5.41) is 3.12. The highest BCUT2D eigenvalue weighted by molar-refractivity contribution is 7.89. The van der Waals surface area contributed by atoms with Gasteiger partial charge < -0.3 is 5.32 Å². The van der Waals surface area contributed by atoms with Gasteiger partial charge in [-0.25, -0.2) is 8.42 Å². The predicted octanol–water partition coefficient (Wildman–Crippen LogP) is 5.04. The topological polar surface area (TPSA) is 66.5 Å². The van der Waals surface area contributed by atoms with E-state index >= 15 is 0 Å². The molecule has 1 amide bonds. The van der Waals surface area contributed by atoms with Crippen LogP contribution in [-0.2, 0) is 27.7 Å². The molecule has 1 atom stereocenters. The van der Waals surface area contributed by atoms with Crippen LogP contribution in [0.3, 0.4) is 0 Å². The first-order chi connectivity index (χ1) is 16.8. The van der Waals surface area contributed by atoms with E-state index in [-0.39, 0.29) is 25.0 Å². The fourth-order valence-corrected chi connectivity index (χ4v) is 7.00. The summed E-state index contributed by atoms with van der Waals surface area (Å²) in [5.41, 5.74) is 5.84. The fraction of sp³-hybridized carbons (Fsp3) is 0.345. The molecule has 0 unspecified atom stereocenters. The molecule has 0 aromatic heterocycles. The van der Waals surface area contributed by atoms with Crippen molar-refractivity contribution < 1.29 is 13.2 Å². The van der Waals surface area contributed by atoms with E-state index in [1.54, 1.807) is 0 Å². The molecule has 1 aliphatic carbocycles. The van der Waals surface area contributed by atoms with Gasteiger partial charge in [0.05, 0.1) is 17.5 Å². The van der Waals surface area contributed by atoms with Gasteiger partial charge in [-0.3, -0.25) is 4.79 Å². The number of benzene rings is 3. The number of aryl methyl sites for hydroxylation is 4. The lowest BCUT2D eigenvalue weighted by molar-refractivity contribution is -0.122. The number of nitrogens with zero attached hydrogens (tertiary/aromatic N) is 1. The molecule has 3 aromatic rings. The van der Waals surface area contributed by atoms with E-state index in [2.05, 4.69) is 17.4 Å². The fourth-order valence-electron chi connectivity index (χ4n) is 5.19. The van der Waals surface area contributed by atoms with Gasteiger partial charge in [0, 0.05) is 6.54 Å². The average molecular weight is 491 g/mol. The lowest BCUT2D eigenvalue weighted by Crippen LogP contribution is -2.43. The number of nitrogens with one attached hydrogen (secondary N) is 1. The van der Waals surface area contributed by atoms with Crippen molar-refractivity contribution in [1.82, 2.24) is 9.62 Å². The number of rotatable bonds is 8. The van der Waals surface area contributed by atoms with E-state index in [0.29, 0.717) is 22.4 Å². The molecular formula is C29H34N2O3S. The van der Waals surface area contributed by atoms with Gasteiger partial charge in [-0.05, 0) is 74.3 Å². The Hall–Kier alpha value is -2.96. The summed E-state index contributed by atoms with van der Waals surface area (Å²) in [6, 6.07) is 21.6. The molecule has 0 saturated carbocycles. The molecule has 3 aromatic carbocycles. The number of fused-ring (bicyclic) bond motifs is 1. The van der Waals surface area contributed by atoms with Gasteiger partial charge in [-0.15, -0.1) is 0 Å². The van der Waals surface area contributed by atoms with Crippen molar-refractivity contribution in [3.8, 4) is 0 Å². The number of hydrogen-bond acceptors (Lipinski definition) is 3. The summed E-state index contributed by atoms with van der Waals surface area (Å²) in [7, 11) is -3.87. The Bertz CT molecular complexity index is 1280. The molecule has 0 aliphatic heterocycles. The monoisotopic (exact) mass is 490 g/mol. The van der Waals surface area contributed by atoms with E-state index in [1.165, 1.54) is 9.87 Å². The normalized spacial score (nSPS) is 15.6. The molecule has 0 radical (unpaired) electrons. The van der Waals surface area contributed by atoms with Crippen molar-refractivity contribution in [2.75, 3.05) is 13.1 Å². The van der Waals surface area contributed by atoms with Crippen molar-refractivity contribution >= 4 is 15.9 Å². The molecule has 1 aliphatic rings. The number of hydrogen-bond donors (Lipinski definition) is 1. The number of sulfonamides is 1. The highest BCUT2D eigenvalue weighted by atomic mass is 32.2. The molecule has 35 heavy (non-hydrogen) atoms. The first kappa shape index (κ1) is 25.1. The van der Waals surface area contributed by atoms with Gasteiger partial charge in [0.15, 0.2) is 0 Å². The number of carbonyl (C=O) groups is 1. The van der Waals surface area contributed by atoms with Crippen LogP contribution in [0, 0.1) is 20.8 Å². The summed E-state index contributed by atoms with van der Waals surface area (Å²) in [6.45, 7) is 5.62. The van der Waals surface area contributed by atoms with Gasteiger partial charge in [0.25, 0.3) is 0 Å². The van der Waals surface area contributed by atoms with Crippen LogP contribution in [0.5, 0.6) is 0 Å². The van der Waals surface area contributed by atoms with Crippen molar-refractivity contribution in [3.05, 3.63) is 100 Å². The Labute approximate surface area is 209 Å². The Morgan fingerprint density at radius 1 is 0.971 bits per heavy atom. The lowest BCUT2D eigenvalue weighted by Gasteiger charge is -2.28. The molecule has 184 valence electrons. The van der Waals surface area contributed by atoms with E-state index in [4.69, 9.17) is 0 Å². The zero-order chi connectivity index (χ0) is 25.0. The zero-order valence-electron chi connectivity index (χ0n) is 20.8. The van der Waals surface area contributed by atoms with E-state index < -0.39 is 10.0 Å². The molecule has 4 rings (SSSR count). The van der Waals surface area contributed by atoms with E-state index in [0.717, 1.165) is 36.0 Å². The van der Waals surface area contributed by atoms with Gasteiger partial charge in [-0.2, -0.15) is 4.31 Å². The minimum absolute atomic E-state index is 0.0889.